The summed E-state index contributed by atoms with van der Waals surface area (Å²) in [4.78, 5) is 0. The standard InChI is InChI=1S/C14H24BrN2/c1-12(6-5-11-17(2,3)4)16-14-9-7-13(15)8-10-14/h7-10,12,16H,5-6,11H2,1-4H3/q+1. The third-order valence-corrected chi connectivity index (χ3v) is 3.25. The van der Waals surface area contributed by atoms with Gasteiger partial charge in [0.25, 0.3) is 0 Å². The molecule has 0 bridgehead atoms. The third-order valence-electron chi connectivity index (χ3n) is 2.72. The second-order valence-electron chi connectivity index (χ2n) is 5.71. The fourth-order valence-electron chi connectivity index (χ4n) is 1.77. The van der Waals surface area contributed by atoms with Crippen molar-refractivity contribution in [1.82, 2.24) is 0 Å². The molecule has 0 amide bonds. The molecule has 0 aliphatic carbocycles. The molecule has 1 atom stereocenters. The van der Waals surface area contributed by atoms with Gasteiger partial charge < -0.3 is 9.80 Å². The first kappa shape index (κ1) is 14.5. The van der Waals surface area contributed by atoms with Crippen LogP contribution in [-0.4, -0.2) is 38.2 Å². The summed E-state index contributed by atoms with van der Waals surface area (Å²) in [5, 5.41) is 3.53. The predicted octanol–water partition coefficient (Wildman–Crippen LogP) is 3.74. The normalized spacial score (nSPS) is 13.5. The second-order valence-corrected chi connectivity index (χ2v) is 6.62. The quantitative estimate of drug-likeness (QED) is 0.789. The predicted molar refractivity (Wildman–Crippen MR) is 79.4 cm³/mol. The minimum absolute atomic E-state index is 0.530. The van der Waals surface area contributed by atoms with E-state index in [4.69, 9.17) is 0 Å². The molecule has 0 aliphatic rings. The van der Waals surface area contributed by atoms with Crippen LogP contribution >= 0.6 is 15.9 Å². The maximum absolute atomic E-state index is 3.53. The SMILES string of the molecule is CC(CCC[N+](C)(C)C)Nc1ccc(Br)cc1. The highest BCUT2D eigenvalue weighted by Gasteiger charge is 2.08. The number of nitrogens with zero attached hydrogens (tertiary/aromatic N) is 1. The van der Waals surface area contributed by atoms with Crippen LogP contribution < -0.4 is 5.32 Å². The van der Waals surface area contributed by atoms with Gasteiger partial charge in [-0.15, -0.1) is 0 Å². The van der Waals surface area contributed by atoms with Crippen molar-refractivity contribution < 1.29 is 4.48 Å². The second kappa shape index (κ2) is 6.41. The Morgan fingerprint density at radius 1 is 1.18 bits per heavy atom. The zero-order valence-corrected chi connectivity index (χ0v) is 12.9. The van der Waals surface area contributed by atoms with Crippen molar-refractivity contribution in [3.05, 3.63) is 28.7 Å². The molecule has 3 heteroatoms. The summed E-state index contributed by atoms with van der Waals surface area (Å²) in [6.07, 6.45) is 2.47. The van der Waals surface area contributed by atoms with E-state index in [1.165, 1.54) is 25.1 Å². The first-order chi connectivity index (χ1) is 7.87. The van der Waals surface area contributed by atoms with Gasteiger partial charge >= 0.3 is 0 Å². The van der Waals surface area contributed by atoms with E-state index in [-0.39, 0.29) is 0 Å². The van der Waals surface area contributed by atoms with Gasteiger partial charge in [0, 0.05) is 16.2 Å². The maximum Gasteiger partial charge on any atom is 0.0781 e. The van der Waals surface area contributed by atoms with Crippen LogP contribution in [0.25, 0.3) is 0 Å². The zero-order chi connectivity index (χ0) is 12.9. The lowest BCUT2D eigenvalue weighted by Crippen LogP contribution is -2.35. The molecule has 0 fully saturated rings. The van der Waals surface area contributed by atoms with Crippen molar-refractivity contribution in [2.45, 2.75) is 25.8 Å². The Bertz CT molecular complexity index is 327. The van der Waals surface area contributed by atoms with Crippen LogP contribution in [0.15, 0.2) is 28.7 Å². The van der Waals surface area contributed by atoms with E-state index in [0.29, 0.717) is 6.04 Å². The molecule has 0 aromatic heterocycles. The fraction of sp³-hybridized carbons (Fsp3) is 0.571. The topological polar surface area (TPSA) is 12.0 Å². The summed E-state index contributed by atoms with van der Waals surface area (Å²) < 4.78 is 2.17. The Morgan fingerprint density at radius 2 is 1.76 bits per heavy atom. The van der Waals surface area contributed by atoms with Gasteiger partial charge in [-0.2, -0.15) is 0 Å². The third kappa shape index (κ3) is 6.69. The van der Waals surface area contributed by atoms with Crippen molar-refractivity contribution in [2.24, 2.45) is 0 Å². The minimum atomic E-state index is 0.530. The lowest BCUT2D eigenvalue weighted by atomic mass is 10.1. The first-order valence-corrected chi connectivity index (χ1v) is 6.99. The van der Waals surface area contributed by atoms with Gasteiger partial charge in [0.15, 0.2) is 0 Å². The Hall–Kier alpha value is -0.540. The van der Waals surface area contributed by atoms with Crippen LogP contribution in [0.3, 0.4) is 0 Å². The van der Waals surface area contributed by atoms with Gasteiger partial charge in [0.05, 0.1) is 27.7 Å². The number of anilines is 1. The molecule has 0 saturated heterocycles. The van der Waals surface area contributed by atoms with Crippen LogP contribution in [0.4, 0.5) is 5.69 Å². The Morgan fingerprint density at radius 3 is 2.29 bits per heavy atom. The van der Waals surface area contributed by atoms with Crippen molar-refractivity contribution in [1.29, 1.82) is 0 Å². The minimum Gasteiger partial charge on any atom is -0.383 e. The van der Waals surface area contributed by atoms with E-state index in [9.17, 15) is 0 Å². The molecule has 0 aliphatic heterocycles. The van der Waals surface area contributed by atoms with Crippen LogP contribution in [0.2, 0.25) is 0 Å². The first-order valence-electron chi connectivity index (χ1n) is 6.19. The molecule has 1 N–H and O–H groups in total. The van der Waals surface area contributed by atoms with E-state index in [1.54, 1.807) is 0 Å². The summed E-state index contributed by atoms with van der Waals surface area (Å²) in [5.41, 5.74) is 1.20. The number of rotatable bonds is 6. The zero-order valence-electron chi connectivity index (χ0n) is 11.3. The van der Waals surface area contributed by atoms with E-state index in [0.717, 1.165) is 8.96 Å². The van der Waals surface area contributed by atoms with Crippen molar-refractivity contribution in [2.75, 3.05) is 33.0 Å². The van der Waals surface area contributed by atoms with Gasteiger partial charge in [0.1, 0.15) is 0 Å². The molecule has 2 nitrogen and oxygen atoms in total. The van der Waals surface area contributed by atoms with Crippen molar-refractivity contribution in [3.8, 4) is 0 Å². The highest BCUT2D eigenvalue weighted by molar-refractivity contribution is 9.10. The van der Waals surface area contributed by atoms with Gasteiger partial charge in [-0.1, -0.05) is 15.9 Å². The van der Waals surface area contributed by atoms with Crippen LogP contribution in [-0.2, 0) is 0 Å². The molecule has 0 heterocycles. The molecule has 96 valence electrons. The van der Waals surface area contributed by atoms with Gasteiger partial charge in [0.2, 0.25) is 0 Å². The molecule has 17 heavy (non-hydrogen) atoms. The van der Waals surface area contributed by atoms with Crippen molar-refractivity contribution >= 4 is 21.6 Å². The largest absolute Gasteiger partial charge is 0.383 e. The maximum atomic E-state index is 3.53. The van der Waals surface area contributed by atoms with E-state index in [2.05, 4.69) is 73.6 Å². The molecule has 0 radical (unpaired) electrons. The number of hydrogen-bond acceptors (Lipinski definition) is 1. The van der Waals surface area contributed by atoms with E-state index >= 15 is 0 Å². The molecule has 0 saturated carbocycles. The summed E-state index contributed by atoms with van der Waals surface area (Å²) in [6, 6.07) is 8.89. The summed E-state index contributed by atoms with van der Waals surface area (Å²) in [5.74, 6) is 0. The molecule has 1 rings (SSSR count). The monoisotopic (exact) mass is 299 g/mol. The Kier molecular flexibility index (Phi) is 5.47. The Labute approximate surface area is 114 Å². The lowest BCUT2D eigenvalue weighted by Gasteiger charge is -2.24. The lowest BCUT2D eigenvalue weighted by molar-refractivity contribution is -0.870. The van der Waals surface area contributed by atoms with Gasteiger partial charge in [-0.05, 0) is 44.0 Å². The molecule has 0 spiro atoms. The van der Waals surface area contributed by atoms with E-state index < -0.39 is 0 Å². The highest BCUT2D eigenvalue weighted by atomic mass is 79.9. The van der Waals surface area contributed by atoms with Crippen LogP contribution in [0.5, 0.6) is 0 Å². The molecule has 1 aromatic rings. The van der Waals surface area contributed by atoms with Crippen LogP contribution in [0.1, 0.15) is 19.8 Å². The number of halogens is 1. The average Bonchev–Trinajstić information content (AvgIpc) is 2.19. The smallest absolute Gasteiger partial charge is 0.0781 e. The number of nitrogens with one attached hydrogen (secondary N) is 1. The molecule has 1 unspecified atom stereocenters. The molecule has 1 aromatic carbocycles. The number of benzene rings is 1. The average molecular weight is 300 g/mol. The summed E-state index contributed by atoms with van der Waals surface area (Å²) >= 11 is 3.45. The molecular formula is C14H24BrN2+. The summed E-state index contributed by atoms with van der Waals surface area (Å²) in [7, 11) is 6.73. The highest BCUT2D eigenvalue weighted by Crippen LogP contribution is 2.16. The number of hydrogen-bond donors (Lipinski definition) is 1. The molecular weight excluding hydrogens is 276 g/mol. The van der Waals surface area contributed by atoms with E-state index in [1.807, 2.05) is 0 Å². The van der Waals surface area contributed by atoms with Gasteiger partial charge in [-0.3, -0.25) is 0 Å². The number of quaternary nitrogens is 1. The van der Waals surface area contributed by atoms with Crippen LogP contribution in [0, 0.1) is 0 Å². The Balaban J connectivity index is 2.30. The van der Waals surface area contributed by atoms with Gasteiger partial charge in [-0.25, -0.2) is 0 Å². The summed E-state index contributed by atoms with van der Waals surface area (Å²) in [6.45, 7) is 3.48. The fourth-order valence-corrected chi connectivity index (χ4v) is 2.04. The van der Waals surface area contributed by atoms with Crippen molar-refractivity contribution in [3.63, 3.8) is 0 Å².